The van der Waals surface area contributed by atoms with Crippen molar-refractivity contribution in [2.45, 2.75) is 25.8 Å². The highest BCUT2D eigenvalue weighted by Crippen LogP contribution is 2.17. The lowest BCUT2D eigenvalue weighted by molar-refractivity contribution is -0.145. The summed E-state index contributed by atoms with van der Waals surface area (Å²) in [6, 6.07) is -0.101. The van der Waals surface area contributed by atoms with Crippen molar-refractivity contribution in [3.63, 3.8) is 0 Å². The minimum Gasteiger partial charge on any atom is -0.481 e. The second-order valence-electron chi connectivity index (χ2n) is 4.46. The molecule has 1 heterocycles. The van der Waals surface area contributed by atoms with Crippen LogP contribution in [-0.4, -0.2) is 59.3 Å². The number of hydrogen-bond acceptors (Lipinski definition) is 4. The minimum atomic E-state index is -0.774. The van der Waals surface area contributed by atoms with E-state index < -0.39 is 5.97 Å². The third-order valence-corrected chi connectivity index (χ3v) is 3.07. The summed E-state index contributed by atoms with van der Waals surface area (Å²) >= 11 is 0. The fraction of sp³-hybridized carbons (Fsp3) is 0.818. The van der Waals surface area contributed by atoms with Gasteiger partial charge in [0.1, 0.15) is 0 Å². The molecule has 0 radical (unpaired) electrons. The van der Waals surface area contributed by atoms with Gasteiger partial charge in [-0.15, -0.1) is 0 Å². The number of carbonyl (C=O) groups is 2. The lowest BCUT2D eigenvalue weighted by Crippen LogP contribution is -2.45. The molecule has 1 atom stereocenters. The average Bonchev–Trinajstić information content (AvgIpc) is 2.35. The standard InChI is InChI=1S/C11H20N2O4/c1-8(7-14)12-6-10(15)13-4-2-9(3-5-13)11(16)17/h8-9,12,14H,2-7H2,1H3,(H,16,17). The molecule has 98 valence electrons. The average molecular weight is 244 g/mol. The number of likely N-dealkylation sites (tertiary alicyclic amines) is 1. The molecular weight excluding hydrogens is 224 g/mol. The smallest absolute Gasteiger partial charge is 0.306 e. The van der Waals surface area contributed by atoms with E-state index >= 15 is 0 Å². The summed E-state index contributed by atoms with van der Waals surface area (Å²) in [4.78, 5) is 24.1. The SMILES string of the molecule is CC(CO)NCC(=O)N1CCC(C(=O)O)CC1. The predicted molar refractivity (Wildman–Crippen MR) is 61.5 cm³/mol. The van der Waals surface area contributed by atoms with E-state index in [9.17, 15) is 9.59 Å². The van der Waals surface area contributed by atoms with Crippen molar-refractivity contribution >= 4 is 11.9 Å². The topological polar surface area (TPSA) is 89.9 Å². The first kappa shape index (κ1) is 13.9. The number of carboxylic acid groups (broad SMARTS) is 1. The fourth-order valence-electron chi connectivity index (χ4n) is 1.81. The van der Waals surface area contributed by atoms with Gasteiger partial charge in [-0.2, -0.15) is 0 Å². The van der Waals surface area contributed by atoms with Crippen molar-refractivity contribution in [3.8, 4) is 0 Å². The zero-order valence-corrected chi connectivity index (χ0v) is 10.1. The van der Waals surface area contributed by atoms with Gasteiger partial charge in [-0.3, -0.25) is 9.59 Å². The molecular formula is C11H20N2O4. The molecule has 6 heteroatoms. The van der Waals surface area contributed by atoms with E-state index in [4.69, 9.17) is 10.2 Å². The van der Waals surface area contributed by atoms with Crippen LogP contribution in [0.25, 0.3) is 0 Å². The van der Waals surface area contributed by atoms with Crippen LogP contribution in [-0.2, 0) is 9.59 Å². The normalized spacial score (nSPS) is 19.1. The number of carboxylic acids is 1. The number of nitrogens with zero attached hydrogens (tertiary/aromatic N) is 1. The molecule has 0 aromatic heterocycles. The highest BCUT2D eigenvalue weighted by Gasteiger charge is 2.26. The van der Waals surface area contributed by atoms with Crippen LogP contribution < -0.4 is 5.32 Å². The molecule has 17 heavy (non-hydrogen) atoms. The molecule has 1 fully saturated rings. The maximum absolute atomic E-state index is 11.7. The molecule has 1 unspecified atom stereocenters. The van der Waals surface area contributed by atoms with Crippen molar-refractivity contribution in [2.24, 2.45) is 5.92 Å². The van der Waals surface area contributed by atoms with Crippen LogP contribution in [0.2, 0.25) is 0 Å². The molecule has 1 rings (SSSR count). The summed E-state index contributed by atoms with van der Waals surface area (Å²) in [6.45, 7) is 2.99. The summed E-state index contributed by atoms with van der Waals surface area (Å²) in [5, 5.41) is 20.5. The Bertz CT molecular complexity index is 275. The van der Waals surface area contributed by atoms with Gasteiger partial charge in [-0.05, 0) is 19.8 Å². The van der Waals surface area contributed by atoms with Crippen molar-refractivity contribution in [1.29, 1.82) is 0 Å². The number of amides is 1. The Hall–Kier alpha value is -1.14. The number of aliphatic hydroxyl groups is 1. The molecule has 0 spiro atoms. The Kier molecular flexibility index (Phi) is 5.37. The van der Waals surface area contributed by atoms with Crippen molar-refractivity contribution in [2.75, 3.05) is 26.2 Å². The molecule has 0 aromatic carbocycles. The number of carbonyl (C=O) groups excluding carboxylic acids is 1. The second-order valence-corrected chi connectivity index (χ2v) is 4.46. The molecule has 6 nitrogen and oxygen atoms in total. The summed E-state index contributed by atoms with van der Waals surface area (Å²) in [6.07, 6.45) is 1.05. The first-order valence-electron chi connectivity index (χ1n) is 5.89. The van der Waals surface area contributed by atoms with Gasteiger partial charge < -0.3 is 20.4 Å². The van der Waals surface area contributed by atoms with E-state index in [0.717, 1.165) is 0 Å². The Morgan fingerprint density at radius 2 is 2.00 bits per heavy atom. The molecule has 1 saturated heterocycles. The van der Waals surface area contributed by atoms with Gasteiger partial charge in [0.25, 0.3) is 0 Å². The number of aliphatic carboxylic acids is 1. The minimum absolute atomic E-state index is 0.00559. The van der Waals surface area contributed by atoms with E-state index in [2.05, 4.69) is 5.32 Å². The van der Waals surface area contributed by atoms with Gasteiger partial charge in [0, 0.05) is 19.1 Å². The van der Waals surface area contributed by atoms with Crippen LogP contribution in [0.5, 0.6) is 0 Å². The monoisotopic (exact) mass is 244 g/mol. The summed E-state index contributed by atoms with van der Waals surface area (Å²) in [5.41, 5.74) is 0. The number of hydrogen-bond donors (Lipinski definition) is 3. The third kappa shape index (κ3) is 4.32. The van der Waals surface area contributed by atoms with Gasteiger partial charge in [0.05, 0.1) is 19.1 Å². The first-order chi connectivity index (χ1) is 8.04. The first-order valence-corrected chi connectivity index (χ1v) is 5.89. The van der Waals surface area contributed by atoms with Gasteiger partial charge in [0.2, 0.25) is 5.91 Å². The Labute approximate surface area is 101 Å². The molecule has 0 bridgehead atoms. The van der Waals surface area contributed by atoms with E-state index in [-0.39, 0.29) is 31.0 Å². The molecule has 1 aliphatic heterocycles. The highest BCUT2D eigenvalue weighted by atomic mass is 16.4. The van der Waals surface area contributed by atoms with Gasteiger partial charge in [-0.1, -0.05) is 0 Å². The van der Waals surface area contributed by atoms with Gasteiger partial charge in [-0.25, -0.2) is 0 Å². The van der Waals surface area contributed by atoms with E-state index in [0.29, 0.717) is 25.9 Å². The maximum Gasteiger partial charge on any atom is 0.306 e. The maximum atomic E-state index is 11.7. The Morgan fingerprint density at radius 3 is 2.47 bits per heavy atom. The Morgan fingerprint density at radius 1 is 1.41 bits per heavy atom. The molecule has 0 aromatic rings. The number of rotatable bonds is 5. The molecule has 1 aliphatic rings. The van der Waals surface area contributed by atoms with Gasteiger partial charge >= 0.3 is 5.97 Å². The van der Waals surface area contributed by atoms with Crippen LogP contribution in [0.15, 0.2) is 0 Å². The molecule has 3 N–H and O–H groups in total. The highest BCUT2D eigenvalue weighted by molar-refractivity contribution is 5.79. The van der Waals surface area contributed by atoms with Crippen LogP contribution in [0.3, 0.4) is 0 Å². The summed E-state index contributed by atoms with van der Waals surface area (Å²) in [5.74, 6) is -1.12. The largest absolute Gasteiger partial charge is 0.481 e. The molecule has 1 amide bonds. The van der Waals surface area contributed by atoms with Gasteiger partial charge in [0.15, 0.2) is 0 Å². The number of nitrogens with one attached hydrogen (secondary N) is 1. The predicted octanol–water partition coefficient (Wildman–Crippen LogP) is -0.720. The summed E-state index contributed by atoms with van der Waals surface area (Å²) < 4.78 is 0. The number of aliphatic hydroxyl groups excluding tert-OH is 1. The van der Waals surface area contributed by atoms with Crippen molar-refractivity contribution < 1.29 is 19.8 Å². The van der Waals surface area contributed by atoms with Crippen LogP contribution in [0.4, 0.5) is 0 Å². The van der Waals surface area contributed by atoms with Crippen molar-refractivity contribution in [1.82, 2.24) is 10.2 Å². The van der Waals surface area contributed by atoms with E-state index in [1.54, 1.807) is 11.8 Å². The quantitative estimate of drug-likeness (QED) is 0.594. The van der Waals surface area contributed by atoms with Crippen LogP contribution in [0.1, 0.15) is 19.8 Å². The zero-order chi connectivity index (χ0) is 12.8. The lowest BCUT2D eigenvalue weighted by Gasteiger charge is -2.30. The van der Waals surface area contributed by atoms with Crippen LogP contribution >= 0.6 is 0 Å². The van der Waals surface area contributed by atoms with Crippen LogP contribution in [0, 0.1) is 5.92 Å². The summed E-state index contributed by atoms with van der Waals surface area (Å²) in [7, 11) is 0. The third-order valence-electron chi connectivity index (χ3n) is 3.07. The molecule has 0 saturated carbocycles. The zero-order valence-electron chi connectivity index (χ0n) is 10.1. The van der Waals surface area contributed by atoms with Crippen molar-refractivity contribution in [3.05, 3.63) is 0 Å². The Balaban J connectivity index is 2.28. The number of piperidine rings is 1. The second kappa shape index (κ2) is 6.56. The van der Waals surface area contributed by atoms with E-state index in [1.165, 1.54) is 0 Å². The lowest BCUT2D eigenvalue weighted by atomic mass is 9.97. The van der Waals surface area contributed by atoms with E-state index in [1.807, 2.05) is 0 Å². The molecule has 0 aliphatic carbocycles. The fourth-order valence-corrected chi connectivity index (χ4v) is 1.81.